The molecule has 0 spiro atoms. The third-order valence-electron chi connectivity index (χ3n) is 7.32. The third kappa shape index (κ3) is 5.28. The van der Waals surface area contributed by atoms with Crippen LogP contribution in [0.25, 0.3) is 0 Å². The number of rotatable bonds is 5. The van der Waals surface area contributed by atoms with Crippen LogP contribution in [0.5, 0.6) is 0 Å². The highest BCUT2D eigenvalue weighted by Gasteiger charge is 2.29. The van der Waals surface area contributed by atoms with Crippen molar-refractivity contribution in [1.82, 2.24) is 4.90 Å². The van der Waals surface area contributed by atoms with Crippen molar-refractivity contribution in [1.29, 1.82) is 0 Å². The smallest absolute Gasteiger partial charge is 0.277 e. The molecule has 2 fully saturated rings. The molecule has 4 rings (SSSR count). The zero-order valence-electron chi connectivity index (χ0n) is 19.4. The molecule has 2 aromatic rings. The average Bonchev–Trinajstić information content (AvgIpc) is 2.79. The lowest BCUT2D eigenvalue weighted by molar-refractivity contribution is -1.02. The fraction of sp³-hybridized carbons (Fsp3) is 0.500. The van der Waals surface area contributed by atoms with E-state index in [2.05, 4.69) is 73.0 Å². The Labute approximate surface area is 187 Å². The first kappa shape index (κ1) is 21.8. The highest BCUT2D eigenvalue weighted by Crippen LogP contribution is 2.23. The van der Waals surface area contributed by atoms with Crippen molar-refractivity contribution in [2.75, 3.05) is 63.8 Å². The van der Waals surface area contributed by atoms with Crippen LogP contribution in [0, 0.1) is 20.8 Å². The predicted molar refractivity (Wildman–Crippen MR) is 126 cm³/mol. The van der Waals surface area contributed by atoms with Crippen LogP contribution in [0.2, 0.25) is 0 Å². The molecule has 5 nitrogen and oxygen atoms in total. The summed E-state index contributed by atoms with van der Waals surface area (Å²) in [6, 6.07) is 15.2. The highest BCUT2D eigenvalue weighted by atomic mass is 16.2. The van der Waals surface area contributed by atoms with E-state index in [4.69, 9.17) is 0 Å². The quantitative estimate of drug-likeness (QED) is 0.724. The van der Waals surface area contributed by atoms with Gasteiger partial charge in [0, 0.05) is 37.4 Å². The highest BCUT2D eigenvalue weighted by molar-refractivity contribution is 5.77. The van der Waals surface area contributed by atoms with Crippen LogP contribution in [0.1, 0.15) is 22.3 Å². The van der Waals surface area contributed by atoms with Gasteiger partial charge in [0.2, 0.25) is 0 Å². The lowest BCUT2D eigenvalue weighted by Gasteiger charge is -2.37. The van der Waals surface area contributed by atoms with Crippen molar-refractivity contribution in [3.05, 3.63) is 64.7 Å². The summed E-state index contributed by atoms with van der Waals surface area (Å²) in [5.41, 5.74) is 6.87. The zero-order valence-corrected chi connectivity index (χ0v) is 19.4. The van der Waals surface area contributed by atoms with Crippen LogP contribution in [-0.2, 0) is 11.3 Å². The zero-order chi connectivity index (χ0) is 21.8. The predicted octanol–water partition coefficient (Wildman–Crippen LogP) is 0.244. The number of quaternary nitrogens is 2. The summed E-state index contributed by atoms with van der Waals surface area (Å²) in [7, 11) is 0. The first-order valence-corrected chi connectivity index (χ1v) is 11.8. The Kier molecular flexibility index (Phi) is 6.93. The maximum Gasteiger partial charge on any atom is 0.277 e. The minimum atomic E-state index is 0.331. The summed E-state index contributed by atoms with van der Waals surface area (Å²) in [5.74, 6) is 0.331. The maximum atomic E-state index is 12.9. The van der Waals surface area contributed by atoms with Gasteiger partial charge in [0.1, 0.15) is 32.7 Å². The minimum absolute atomic E-state index is 0.331. The molecule has 166 valence electrons. The molecule has 0 bridgehead atoms. The molecule has 2 heterocycles. The Morgan fingerprint density at radius 1 is 0.806 bits per heavy atom. The van der Waals surface area contributed by atoms with Crippen molar-refractivity contribution < 1.29 is 14.6 Å². The molecular formula is C26H38N4O+2. The lowest BCUT2D eigenvalue weighted by atomic mass is 10.1. The largest absolute Gasteiger partial charge is 0.368 e. The van der Waals surface area contributed by atoms with Crippen LogP contribution in [0.15, 0.2) is 42.5 Å². The summed E-state index contributed by atoms with van der Waals surface area (Å²) >= 11 is 0. The Morgan fingerprint density at radius 3 is 2.16 bits per heavy atom. The van der Waals surface area contributed by atoms with E-state index in [1.807, 2.05) is 0 Å². The number of piperazine rings is 2. The molecule has 1 amide bonds. The molecule has 0 aromatic heterocycles. The maximum absolute atomic E-state index is 12.9. The van der Waals surface area contributed by atoms with E-state index in [0.29, 0.717) is 12.5 Å². The van der Waals surface area contributed by atoms with Crippen molar-refractivity contribution in [2.24, 2.45) is 0 Å². The molecule has 0 atom stereocenters. The van der Waals surface area contributed by atoms with Gasteiger partial charge in [-0.1, -0.05) is 36.4 Å². The molecule has 0 aliphatic carbocycles. The Hall–Kier alpha value is -2.37. The van der Waals surface area contributed by atoms with Gasteiger partial charge in [-0.2, -0.15) is 0 Å². The van der Waals surface area contributed by atoms with Gasteiger partial charge in [-0.15, -0.1) is 0 Å². The van der Waals surface area contributed by atoms with Crippen LogP contribution in [0.3, 0.4) is 0 Å². The molecule has 0 unspecified atom stereocenters. The second kappa shape index (κ2) is 9.84. The van der Waals surface area contributed by atoms with Crippen molar-refractivity contribution >= 4 is 11.6 Å². The number of hydrogen-bond donors (Lipinski definition) is 2. The van der Waals surface area contributed by atoms with E-state index in [1.54, 1.807) is 4.90 Å². The molecule has 2 saturated heterocycles. The van der Waals surface area contributed by atoms with Crippen molar-refractivity contribution in [3.63, 3.8) is 0 Å². The standard InChI is InChI=1S/C26H36N4O/c1-21-8-6-10-25(23(21)3)29-15-17-30(18-16-29)26(31)20-28-13-11-27(12-14-28)19-24-9-5-4-7-22(24)2/h4-10H,11-20H2,1-3H3/p+2. The Balaban J connectivity index is 1.22. The van der Waals surface area contributed by atoms with Gasteiger partial charge in [0.05, 0.1) is 0 Å². The number of carbonyl (C=O) groups is 1. The fourth-order valence-electron chi connectivity index (χ4n) is 4.99. The number of hydrogen-bond acceptors (Lipinski definition) is 2. The first-order chi connectivity index (χ1) is 15.0. The monoisotopic (exact) mass is 422 g/mol. The van der Waals surface area contributed by atoms with Crippen molar-refractivity contribution in [2.45, 2.75) is 27.3 Å². The SMILES string of the molecule is Cc1ccccc1C[NH+]1CC[NH+](CC(=O)N2CCN(c3cccc(C)c3C)CC2)CC1. The van der Waals surface area contributed by atoms with E-state index < -0.39 is 0 Å². The van der Waals surface area contributed by atoms with E-state index in [0.717, 1.165) is 58.9 Å². The molecule has 2 N–H and O–H groups in total. The third-order valence-corrected chi connectivity index (χ3v) is 7.32. The normalized spacial score (nSPS) is 21.9. The van der Waals surface area contributed by atoms with Gasteiger partial charge in [0.15, 0.2) is 6.54 Å². The summed E-state index contributed by atoms with van der Waals surface area (Å²) < 4.78 is 0. The number of anilines is 1. The van der Waals surface area contributed by atoms with Gasteiger partial charge in [-0.3, -0.25) is 4.79 Å². The van der Waals surface area contributed by atoms with E-state index in [9.17, 15) is 4.79 Å². The number of benzene rings is 2. The molecule has 5 heteroatoms. The summed E-state index contributed by atoms with van der Waals surface area (Å²) in [4.78, 5) is 20.5. The van der Waals surface area contributed by atoms with E-state index >= 15 is 0 Å². The molecule has 0 radical (unpaired) electrons. The van der Waals surface area contributed by atoms with Crippen LogP contribution in [0.4, 0.5) is 5.69 Å². The van der Waals surface area contributed by atoms with E-state index in [-0.39, 0.29) is 0 Å². The van der Waals surface area contributed by atoms with Gasteiger partial charge in [-0.05, 0) is 43.5 Å². The average molecular weight is 423 g/mol. The molecule has 2 aliphatic rings. The number of carbonyl (C=O) groups excluding carboxylic acids is 1. The summed E-state index contributed by atoms with van der Waals surface area (Å²) in [5, 5.41) is 0. The lowest BCUT2D eigenvalue weighted by Crippen LogP contribution is -3.28. The summed E-state index contributed by atoms with van der Waals surface area (Å²) in [6.07, 6.45) is 0. The second-order valence-electron chi connectivity index (χ2n) is 9.37. The van der Waals surface area contributed by atoms with Gasteiger partial charge in [0.25, 0.3) is 5.91 Å². The second-order valence-corrected chi connectivity index (χ2v) is 9.37. The topological polar surface area (TPSA) is 32.4 Å². The van der Waals surface area contributed by atoms with Crippen molar-refractivity contribution in [3.8, 4) is 0 Å². The summed E-state index contributed by atoms with van der Waals surface area (Å²) in [6.45, 7) is 16.4. The Morgan fingerprint density at radius 2 is 1.45 bits per heavy atom. The fourth-order valence-corrected chi connectivity index (χ4v) is 4.99. The van der Waals surface area contributed by atoms with E-state index in [1.165, 1.54) is 32.8 Å². The number of nitrogens with zero attached hydrogens (tertiary/aromatic N) is 2. The minimum Gasteiger partial charge on any atom is -0.368 e. The Bertz CT molecular complexity index is 896. The molecule has 2 aromatic carbocycles. The van der Waals surface area contributed by atoms with Crippen LogP contribution >= 0.6 is 0 Å². The van der Waals surface area contributed by atoms with Gasteiger partial charge < -0.3 is 19.6 Å². The molecular weight excluding hydrogens is 384 g/mol. The number of nitrogens with one attached hydrogen (secondary N) is 2. The molecule has 0 saturated carbocycles. The van der Waals surface area contributed by atoms with Crippen LogP contribution < -0.4 is 14.7 Å². The molecule has 31 heavy (non-hydrogen) atoms. The van der Waals surface area contributed by atoms with Gasteiger partial charge in [-0.25, -0.2) is 0 Å². The number of amides is 1. The molecule has 2 aliphatic heterocycles. The number of aryl methyl sites for hydroxylation is 2. The first-order valence-electron chi connectivity index (χ1n) is 11.8. The van der Waals surface area contributed by atoms with Crippen LogP contribution in [-0.4, -0.2) is 69.7 Å². The van der Waals surface area contributed by atoms with Gasteiger partial charge >= 0.3 is 0 Å².